The summed E-state index contributed by atoms with van der Waals surface area (Å²) in [4.78, 5) is 2.51. The highest BCUT2D eigenvalue weighted by Gasteiger charge is 2.26. The van der Waals surface area contributed by atoms with Crippen molar-refractivity contribution in [2.24, 2.45) is 0 Å². The highest BCUT2D eigenvalue weighted by molar-refractivity contribution is 6.17. The zero-order chi connectivity index (χ0) is 37.3. The van der Waals surface area contributed by atoms with Crippen molar-refractivity contribution in [2.45, 2.75) is 0 Å². The lowest BCUT2D eigenvalue weighted by Gasteiger charge is -2.31. The Balaban J connectivity index is 1.33. The summed E-state index contributed by atoms with van der Waals surface area (Å²) in [7, 11) is 0. The van der Waals surface area contributed by atoms with Crippen molar-refractivity contribution in [2.75, 3.05) is 4.90 Å². The van der Waals surface area contributed by atoms with Gasteiger partial charge in [0.25, 0.3) is 0 Å². The molecule has 0 unspecified atom stereocenters. The van der Waals surface area contributed by atoms with Gasteiger partial charge in [0.1, 0.15) is 0 Å². The zero-order valence-electron chi connectivity index (χ0n) is 30.8. The van der Waals surface area contributed by atoms with Crippen LogP contribution in [0.25, 0.3) is 72.0 Å². The zero-order valence-corrected chi connectivity index (χ0v) is 30.8. The molecule has 0 fully saturated rings. The van der Waals surface area contributed by atoms with Gasteiger partial charge in [-0.1, -0.05) is 176 Å². The van der Waals surface area contributed by atoms with E-state index in [1.165, 1.54) is 38.5 Å². The van der Waals surface area contributed by atoms with Crippen LogP contribution in [0.15, 0.2) is 231 Å². The molecular weight excluding hydrogens is 677 g/mol. The van der Waals surface area contributed by atoms with Crippen LogP contribution in [0.3, 0.4) is 0 Å². The monoisotopic (exact) mass is 714 g/mol. The van der Waals surface area contributed by atoms with Crippen LogP contribution < -0.4 is 4.90 Å². The highest BCUT2D eigenvalue weighted by Crippen LogP contribution is 2.50. The molecule has 1 aromatic heterocycles. The van der Waals surface area contributed by atoms with E-state index in [1.807, 2.05) is 0 Å². The number of fused-ring (bicyclic) bond motifs is 3. The summed E-state index contributed by atoms with van der Waals surface area (Å²) in [5, 5.41) is 2.40. The molecule has 0 aliphatic rings. The Labute approximate surface area is 327 Å². The molecule has 2 nitrogen and oxygen atoms in total. The Kier molecular flexibility index (Phi) is 8.55. The summed E-state index contributed by atoms with van der Waals surface area (Å²) in [6.45, 7) is 0. The molecule has 0 aliphatic heterocycles. The third-order valence-electron chi connectivity index (χ3n) is 10.8. The average molecular weight is 715 g/mol. The molecule has 9 aromatic carbocycles. The van der Waals surface area contributed by atoms with Crippen molar-refractivity contribution in [3.63, 3.8) is 0 Å². The molecule has 10 rings (SSSR count). The normalized spacial score (nSPS) is 11.2. The van der Waals surface area contributed by atoms with Gasteiger partial charge in [0.15, 0.2) is 0 Å². The van der Waals surface area contributed by atoms with Gasteiger partial charge in [0.05, 0.1) is 28.1 Å². The van der Waals surface area contributed by atoms with Gasteiger partial charge in [0, 0.05) is 27.6 Å². The maximum atomic E-state index is 2.51. The molecule has 0 spiro atoms. The van der Waals surface area contributed by atoms with E-state index < -0.39 is 0 Å². The standard InChI is InChI=1S/C54H38N2/c1-6-19-39(20-7-1)43-33-35-50(47(37-43)41-23-10-3-11-24-41)56(51-36-34-44(40-21-8-2-9-22-40)38-48(51)42-25-12-4-13-26-42)53-32-18-31-52-54(53)46-29-16-17-30-49(46)55(52)45-27-14-5-15-28-45/h1-38H. The lowest BCUT2D eigenvalue weighted by molar-refractivity contribution is 1.18. The largest absolute Gasteiger partial charge is 0.309 e. The van der Waals surface area contributed by atoms with Crippen LogP contribution in [-0.4, -0.2) is 4.57 Å². The molecule has 0 bridgehead atoms. The minimum absolute atomic E-state index is 1.10. The fourth-order valence-corrected chi connectivity index (χ4v) is 8.21. The maximum Gasteiger partial charge on any atom is 0.0562 e. The van der Waals surface area contributed by atoms with Gasteiger partial charge in [-0.05, 0) is 88.0 Å². The molecule has 2 heteroatoms. The minimum atomic E-state index is 1.10. The minimum Gasteiger partial charge on any atom is -0.309 e. The highest BCUT2D eigenvalue weighted by atomic mass is 15.2. The van der Waals surface area contributed by atoms with Crippen LogP contribution in [0.1, 0.15) is 0 Å². The van der Waals surface area contributed by atoms with E-state index in [0.717, 1.165) is 50.5 Å². The Morgan fingerprint density at radius 2 is 0.714 bits per heavy atom. The summed E-state index contributed by atoms with van der Waals surface area (Å²) in [6.07, 6.45) is 0. The third-order valence-corrected chi connectivity index (χ3v) is 10.8. The topological polar surface area (TPSA) is 8.17 Å². The van der Waals surface area contributed by atoms with Crippen LogP contribution in [0.5, 0.6) is 0 Å². The van der Waals surface area contributed by atoms with Crippen molar-refractivity contribution < 1.29 is 0 Å². The first-order valence-corrected chi connectivity index (χ1v) is 19.2. The van der Waals surface area contributed by atoms with Gasteiger partial charge >= 0.3 is 0 Å². The second kappa shape index (κ2) is 14.4. The Bertz CT molecular complexity index is 2810. The summed E-state index contributed by atoms with van der Waals surface area (Å²) in [5.41, 5.74) is 16.1. The van der Waals surface area contributed by atoms with Gasteiger partial charge < -0.3 is 9.47 Å². The smallest absolute Gasteiger partial charge is 0.0562 e. The van der Waals surface area contributed by atoms with Crippen molar-refractivity contribution in [3.05, 3.63) is 231 Å². The molecule has 10 aromatic rings. The Morgan fingerprint density at radius 1 is 0.286 bits per heavy atom. The second-order valence-electron chi connectivity index (χ2n) is 14.1. The van der Waals surface area contributed by atoms with Gasteiger partial charge in [-0.25, -0.2) is 0 Å². The van der Waals surface area contributed by atoms with Crippen molar-refractivity contribution in [1.82, 2.24) is 4.57 Å². The van der Waals surface area contributed by atoms with E-state index in [1.54, 1.807) is 0 Å². The lowest BCUT2D eigenvalue weighted by atomic mass is 9.93. The summed E-state index contributed by atoms with van der Waals surface area (Å²) in [6, 6.07) is 83.2. The summed E-state index contributed by atoms with van der Waals surface area (Å²) < 4.78 is 2.40. The van der Waals surface area contributed by atoms with Crippen LogP contribution in [0.2, 0.25) is 0 Å². The molecule has 264 valence electrons. The van der Waals surface area contributed by atoms with Gasteiger partial charge in [-0.15, -0.1) is 0 Å². The molecule has 0 amide bonds. The third kappa shape index (κ3) is 5.95. The number of rotatable bonds is 8. The van der Waals surface area contributed by atoms with E-state index in [9.17, 15) is 0 Å². The number of hydrogen-bond acceptors (Lipinski definition) is 1. The molecule has 0 N–H and O–H groups in total. The van der Waals surface area contributed by atoms with Crippen molar-refractivity contribution in [3.8, 4) is 50.2 Å². The number of benzene rings is 9. The first-order valence-electron chi connectivity index (χ1n) is 19.2. The van der Waals surface area contributed by atoms with Gasteiger partial charge in [0.2, 0.25) is 0 Å². The summed E-state index contributed by atoms with van der Waals surface area (Å²) in [5.74, 6) is 0. The van der Waals surface area contributed by atoms with E-state index in [2.05, 4.69) is 240 Å². The molecule has 0 aliphatic carbocycles. The van der Waals surface area contributed by atoms with Crippen LogP contribution in [0.4, 0.5) is 17.1 Å². The van der Waals surface area contributed by atoms with Crippen molar-refractivity contribution >= 4 is 38.9 Å². The van der Waals surface area contributed by atoms with E-state index in [0.29, 0.717) is 0 Å². The van der Waals surface area contributed by atoms with Crippen LogP contribution in [-0.2, 0) is 0 Å². The second-order valence-corrected chi connectivity index (χ2v) is 14.1. The quantitative estimate of drug-likeness (QED) is 0.152. The SMILES string of the molecule is c1ccc(-c2ccc(N(c3ccc(-c4ccccc4)cc3-c3ccccc3)c3cccc4c3c3ccccc3n4-c3ccccc3)c(-c3ccccc3)c2)cc1. The van der Waals surface area contributed by atoms with Gasteiger partial charge in [-0.3, -0.25) is 0 Å². The lowest BCUT2D eigenvalue weighted by Crippen LogP contribution is -2.13. The fraction of sp³-hybridized carbons (Fsp3) is 0. The number of para-hydroxylation sites is 2. The van der Waals surface area contributed by atoms with E-state index in [-0.39, 0.29) is 0 Å². The molecular formula is C54H38N2. The summed E-state index contributed by atoms with van der Waals surface area (Å²) >= 11 is 0. The molecule has 56 heavy (non-hydrogen) atoms. The molecule has 0 radical (unpaired) electrons. The average Bonchev–Trinajstić information content (AvgIpc) is 3.63. The number of aromatic nitrogens is 1. The van der Waals surface area contributed by atoms with Crippen LogP contribution >= 0.6 is 0 Å². The van der Waals surface area contributed by atoms with Crippen molar-refractivity contribution in [1.29, 1.82) is 0 Å². The Morgan fingerprint density at radius 3 is 1.23 bits per heavy atom. The van der Waals surface area contributed by atoms with Crippen LogP contribution in [0, 0.1) is 0 Å². The number of nitrogens with zero attached hydrogens (tertiary/aromatic N) is 2. The Hall–Kier alpha value is -7.42. The molecule has 0 saturated carbocycles. The number of hydrogen-bond donors (Lipinski definition) is 0. The molecule has 1 heterocycles. The molecule has 0 atom stereocenters. The maximum absolute atomic E-state index is 2.51. The molecule has 0 saturated heterocycles. The fourth-order valence-electron chi connectivity index (χ4n) is 8.21. The predicted octanol–water partition coefficient (Wildman–Crippen LogP) is 14.9. The predicted molar refractivity (Wildman–Crippen MR) is 237 cm³/mol. The number of anilines is 3. The first kappa shape index (κ1) is 33.2. The van der Waals surface area contributed by atoms with Gasteiger partial charge in [-0.2, -0.15) is 0 Å². The first-order chi connectivity index (χ1) is 27.8. The van der Waals surface area contributed by atoms with E-state index >= 15 is 0 Å². The van der Waals surface area contributed by atoms with E-state index in [4.69, 9.17) is 0 Å².